The number of halogens is 2. The number of nitrogens with zero attached hydrogens (tertiary/aromatic N) is 6. The fourth-order valence-electron chi connectivity index (χ4n) is 5.78. The Morgan fingerprint density at radius 2 is 1.77 bits per heavy atom. The van der Waals surface area contributed by atoms with E-state index in [-0.39, 0.29) is 29.9 Å². The van der Waals surface area contributed by atoms with Crippen LogP contribution in [0.15, 0.2) is 54.2 Å². The number of anilines is 2. The van der Waals surface area contributed by atoms with Crippen molar-refractivity contribution in [3.05, 3.63) is 86.0 Å². The number of carbonyl (C=O) groups excluding carboxylic acids is 3. The van der Waals surface area contributed by atoms with Crippen molar-refractivity contribution < 1.29 is 14.4 Å². The highest BCUT2D eigenvalue weighted by Crippen LogP contribution is 2.48. The van der Waals surface area contributed by atoms with Crippen LogP contribution in [0.25, 0.3) is 0 Å². The van der Waals surface area contributed by atoms with Gasteiger partial charge in [-0.1, -0.05) is 35.3 Å². The highest BCUT2D eigenvalue weighted by molar-refractivity contribution is 7.09. The van der Waals surface area contributed by atoms with Crippen molar-refractivity contribution in [2.75, 3.05) is 4.90 Å². The Morgan fingerprint density at radius 3 is 2.36 bits per heavy atom. The standard InChI is InChI=1S/C30H24Cl2N8O3S/c1-28(13-17-2-4-18(14-33)5-3-17)26(43)39(21-11-19(31)10-20(32)12-21)27-34-15-22(40(27)28)23(41)36-29(6-7-29)24(42)37-30(8-9-30)25-38-35-16-44-25/h2-5,10-12,15-16H,6-9,13H2,1H3,(H,36,41)(H,37,42)/t28-/m1/s1. The van der Waals surface area contributed by atoms with Gasteiger partial charge in [-0.15, -0.1) is 21.5 Å². The molecule has 0 saturated heterocycles. The number of hydrogen-bond donors (Lipinski definition) is 2. The second kappa shape index (κ2) is 10.1. The molecule has 4 aromatic rings. The molecule has 0 unspecified atom stereocenters. The third-order valence-electron chi connectivity index (χ3n) is 8.48. The summed E-state index contributed by atoms with van der Waals surface area (Å²) in [5, 5.41) is 24.7. The zero-order valence-corrected chi connectivity index (χ0v) is 25.6. The molecule has 2 N–H and O–H groups in total. The third kappa shape index (κ3) is 4.63. The van der Waals surface area contributed by atoms with Gasteiger partial charge >= 0.3 is 0 Å². The minimum absolute atomic E-state index is 0.129. The molecule has 0 bridgehead atoms. The van der Waals surface area contributed by atoms with E-state index in [9.17, 15) is 19.6 Å². The lowest BCUT2D eigenvalue weighted by molar-refractivity contribution is -0.125. The van der Waals surface area contributed by atoms with Gasteiger partial charge in [0.2, 0.25) is 11.9 Å². The predicted molar refractivity (Wildman–Crippen MR) is 163 cm³/mol. The number of fused-ring (bicyclic) bond motifs is 1. The van der Waals surface area contributed by atoms with Gasteiger partial charge in [0.15, 0.2) is 0 Å². The van der Waals surface area contributed by atoms with Crippen LogP contribution < -0.4 is 15.5 Å². The molecule has 2 aliphatic carbocycles. The van der Waals surface area contributed by atoms with Crippen LogP contribution in [0.5, 0.6) is 0 Å². The molecule has 2 aromatic carbocycles. The van der Waals surface area contributed by atoms with E-state index in [1.54, 1.807) is 59.5 Å². The van der Waals surface area contributed by atoms with Crippen molar-refractivity contribution in [2.45, 2.75) is 55.6 Å². The van der Waals surface area contributed by atoms with Gasteiger partial charge in [-0.25, -0.2) is 9.88 Å². The Morgan fingerprint density at radius 1 is 1.07 bits per heavy atom. The molecule has 44 heavy (non-hydrogen) atoms. The van der Waals surface area contributed by atoms with Crippen molar-refractivity contribution in [3.63, 3.8) is 0 Å². The largest absolute Gasteiger partial charge is 0.342 e. The Bertz CT molecular complexity index is 1860. The number of carbonyl (C=O) groups is 3. The van der Waals surface area contributed by atoms with Gasteiger partial charge in [0.05, 0.1) is 29.1 Å². The van der Waals surface area contributed by atoms with E-state index in [1.807, 2.05) is 0 Å². The molecule has 3 amide bonds. The molecule has 2 aromatic heterocycles. The van der Waals surface area contributed by atoms with Crippen molar-refractivity contribution in [2.24, 2.45) is 0 Å². The molecule has 0 spiro atoms. The number of amides is 3. The molecule has 1 atom stereocenters. The van der Waals surface area contributed by atoms with Gasteiger partial charge in [0.25, 0.3) is 11.8 Å². The number of nitrogens with one attached hydrogen (secondary N) is 2. The van der Waals surface area contributed by atoms with Crippen LogP contribution in [0.2, 0.25) is 10.0 Å². The number of rotatable bonds is 8. The molecule has 7 rings (SSSR count). The zero-order chi connectivity index (χ0) is 30.9. The van der Waals surface area contributed by atoms with Crippen LogP contribution in [0.3, 0.4) is 0 Å². The van der Waals surface area contributed by atoms with E-state index in [4.69, 9.17) is 23.2 Å². The highest BCUT2D eigenvalue weighted by atomic mass is 35.5. The maximum absolute atomic E-state index is 14.3. The van der Waals surface area contributed by atoms with Crippen LogP contribution in [-0.2, 0) is 27.1 Å². The summed E-state index contributed by atoms with van der Waals surface area (Å²) in [4.78, 5) is 47.6. The molecule has 2 fully saturated rings. The molecule has 0 radical (unpaired) electrons. The number of hydrogen-bond acceptors (Lipinski definition) is 8. The van der Waals surface area contributed by atoms with Crippen LogP contribution in [0.4, 0.5) is 11.6 Å². The number of nitriles is 1. The lowest BCUT2D eigenvalue weighted by Crippen LogP contribution is -2.52. The average molecular weight is 648 g/mol. The Kier molecular flexibility index (Phi) is 6.55. The van der Waals surface area contributed by atoms with E-state index in [0.29, 0.717) is 34.1 Å². The van der Waals surface area contributed by atoms with Gasteiger partial charge in [-0.2, -0.15) is 5.26 Å². The molecule has 11 nitrogen and oxygen atoms in total. The van der Waals surface area contributed by atoms with Crippen molar-refractivity contribution in [1.82, 2.24) is 30.4 Å². The van der Waals surface area contributed by atoms with Gasteiger partial charge < -0.3 is 10.6 Å². The lowest BCUT2D eigenvalue weighted by Gasteiger charge is -2.27. The molecule has 222 valence electrons. The van der Waals surface area contributed by atoms with Crippen LogP contribution >= 0.6 is 34.5 Å². The van der Waals surface area contributed by atoms with Gasteiger partial charge in [0, 0.05) is 16.5 Å². The third-order valence-corrected chi connectivity index (χ3v) is 9.81. The Labute approximate surface area is 265 Å². The van der Waals surface area contributed by atoms with Crippen LogP contribution in [0, 0.1) is 11.3 Å². The van der Waals surface area contributed by atoms with E-state index < -0.39 is 22.5 Å². The fraction of sp³-hybridized carbons (Fsp3) is 0.300. The Balaban J connectivity index is 1.23. The lowest BCUT2D eigenvalue weighted by atomic mass is 9.91. The summed E-state index contributed by atoms with van der Waals surface area (Å²) >= 11 is 14.0. The van der Waals surface area contributed by atoms with Gasteiger partial charge in [-0.3, -0.25) is 19.0 Å². The van der Waals surface area contributed by atoms with Gasteiger partial charge in [0.1, 0.15) is 27.3 Å². The summed E-state index contributed by atoms with van der Waals surface area (Å²) in [6.07, 6.45) is 4.08. The first-order chi connectivity index (χ1) is 21.1. The maximum Gasteiger partial charge on any atom is 0.270 e. The normalized spacial score (nSPS) is 20.5. The second-order valence-corrected chi connectivity index (χ2v) is 13.3. The quantitative estimate of drug-likeness (QED) is 0.284. The summed E-state index contributed by atoms with van der Waals surface area (Å²) < 4.78 is 1.61. The predicted octanol–water partition coefficient (Wildman–Crippen LogP) is 4.62. The topological polar surface area (TPSA) is 146 Å². The summed E-state index contributed by atoms with van der Waals surface area (Å²) in [5.74, 6) is -0.922. The van der Waals surface area contributed by atoms with E-state index >= 15 is 0 Å². The Hall–Kier alpha value is -4.31. The van der Waals surface area contributed by atoms with Crippen molar-refractivity contribution in [1.29, 1.82) is 5.26 Å². The van der Waals surface area contributed by atoms with E-state index in [1.165, 1.54) is 22.4 Å². The minimum Gasteiger partial charge on any atom is -0.342 e. The average Bonchev–Trinajstić information content (AvgIpc) is 3.79. The summed E-state index contributed by atoms with van der Waals surface area (Å²) in [6, 6.07) is 13.8. The first kappa shape index (κ1) is 28.5. The molecule has 3 heterocycles. The summed E-state index contributed by atoms with van der Waals surface area (Å²) in [6.45, 7) is 1.74. The summed E-state index contributed by atoms with van der Waals surface area (Å²) in [7, 11) is 0. The maximum atomic E-state index is 14.3. The fourth-order valence-corrected chi connectivity index (χ4v) is 7.06. The molecular formula is C30H24Cl2N8O3S. The number of imidazole rings is 1. The first-order valence-electron chi connectivity index (χ1n) is 13.9. The second-order valence-electron chi connectivity index (χ2n) is 11.6. The van der Waals surface area contributed by atoms with Gasteiger partial charge in [-0.05, 0) is 68.5 Å². The smallest absolute Gasteiger partial charge is 0.270 e. The van der Waals surface area contributed by atoms with Crippen molar-refractivity contribution in [3.8, 4) is 6.07 Å². The first-order valence-corrected chi connectivity index (χ1v) is 15.5. The van der Waals surface area contributed by atoms with Crippen LogP contribution in [-0.4, -0.2) is 43.0 Å². The highest BCUT2D eigenvalue weighted by Gasteiger charge is 2.58. The van der Waals surface area contributed by atoms with E-state index in [2.05, 4.69) is 31.9 Å². The summed E-state index contributed by atoms with van der Waals surface area (Å²) in [5.41, 5.74) is 0.520. The van der Waals surface area contributed by atoms with Crippen LogP contribution in [0.1, 0.15) is 59.2 Å². The monoisotopic (exact) mass is 646 g/mol. The molecular weight excluding hydrogens is 623 g/mol. The van der Waals surface area contributed by atoms with Crippen molar-refractivity contribution >= 4 is 63.9 Å². The molecule has 2 saturated carbocycles. The number of benzene rings is 2. The zero-order valence-electron chi connectivity index (χ0n) is 23.3. The SMILES string of the molecule is C[C@@]1(Cc2ccc(C#N)cc2)C(=O)N(c2cc(Cl)cc(Cl)c2)c2ncc(C(=O)NC3(C(=O)NC4(c5nncs5)CC4)CC3)n21. The molecule has 14 heteroatoms. The number of aromatic nitrogens is 4. The molecule has 3 aliphatic rings. The molecule has 1 aliphatic heterocycles. The minimum atomic E-state index is -1.30. The van der Waals surface area contributed by atoms with E-state index in [0.717, 1.165) is 23.4 Å².